The molecule has 40 heavy (non-hydrogen) atoms. The maximum Gasteiger partial charge on any atom is 0.337 e. The van der Waals surface area contributed by atoms with E-state index in [9.17, 15) is 9.90 Å². The number of benzene rings is 2. The Hall–Kier alpha value is -3.22. The monoisotopic (exact) mass is 573 g/mol. The highest BCUT2D eigenvalue weighted by Crippen LogP contribution is 2.54. The number of hydrogen-bond acceptors (Lipinski definition) is 4. The molecule has 3 aliphatic carbocycles. The number of carbonyl (C=O) groups is 1. The second-order valence-corrected chi connectivity index (χ2v) is 12.8. The van der Waals surface area contributed by atoms with Crippen molar-refractivity contribution in [3.8, 4) is 11.3 Å². The Morgan fingerprint density at radius 2 is 1.82 bits per heavy atom. The summed E-state index contributed by atoms with van der Waals surface area (Å²) < 4.78 is 7.98. The Bertz CT molecular complexity index is 1660. The lowest BCUT2D eigenvalue weighted by Crippen LogP contribution is -2.23. The third-order valence-electron chi connectivity index (χ3n) is 9.26. The van der Waals surface area contributed by atoms with Gasteiger partial charge in [0.25, 0.3) is 0 Å². The zero-order chi connectivity index (χ0) is 27.1. The van der Waals surface area contributed by atoms with E-state index < -0.39 is 5.97 Å². The molecule has 2 unspecified atom stereocenters. The first-order chi connectivity index (χ1) is 19.5. The van der Waals surface area contributed by atoms with Crippen LogP contribution in [-0.4, -0.2) is 33.9 Å². The third kappa shape index (κ3) is 4.15. The van der Waals surface area contributed by atoms with Gasteiger partial charge in [-0.15, -0.1) is 0 Å². The Labute approximate surface area is 242 Å². The van der Waals surface area contributed by atoms with Crippen molar-refractivity contribution in [2.24, 2.45) is 23.7 Å². The Morgan fingerprint density at radius 1 is 1.07 bits per heavy atom. The molecule has 6 nitrogen and oxygen atoms in total. The molecule has 8 heteroatoms. The predicted molar refractivity (Wildman–Crippen MR) is 157 cm³/mol. The zero-order valence-corrected chi connectivity index (χ0v) is 23.4. The van der Waals surface area contributed by atoms with Gasteiger partial charge in [-0.1, -0.05) is 46.6 Å². The number of allylic oxidation sites excluding steroid dienone is 1. The molecule has 204 valence electrons. The van der Waals surface area contributed by atoms with Crippen molar-refractivity contribution in [2.75, 3.05) is 18.0 Å². The van der Waals surface area contributed by atoms with E-state index >= 15 is 0 Å². The van der Waals surface area contributed by atoms with Crippen molar-refractivity contribution in [1.29, 1.82) is 0 Å². The fourth-order valence-corrected chi connectivity index (χ4v) is 7.24. The second-order valence-electron chi connectivity index (χ2n) is 12.0. The van der Waals surface area contributed by atoms with Gasteiger partial charge < -0.3 is 19.1 Å². The van der Waals surface area contributed by atoms with E-state index in [-0.39, 0.29) is 0 Å². The standard InChI is InChI=1S/C32H29Cl2N3O3/c33-26-2-1-3-27(34)29(26)30-22(31(40-35-30)18-6-7-18)11-10-20-23-14-36(15-24(20)23)19-8-9-21-25(32(38)39)16-37(28(21)12-19)13-17-4-5-17/h1-3,8-12,16-18,20,23-24H,4-7,13-15H2,(H,38,39)/b11-10+. The quantitative estimate of drug-likeness (QED) is 0.231. The van der Waals surface area contributed by atoms with Gasteiger partial charge in [0.05, 0.1) is 21.1 Å². The minimum Gasteiger partial charge on any atom is -0.478 e. The molecule has 3 saturated carbocycles. The molecule has 4 aromatic rings. The number of hydrogen-bond donors (Lipinski definition) is 1. The van der Waals surface area contributed by atoms with Gasteiger partial charge in [-0.05, 0) is 79.7 Å². The SMILES string of the molecule is O=C(O)c1cn(CC2CC2)c2cc(N3CC4C(/C=C/c5c(-c6c(Cl)cccc6Cl)noc5C5CC5)C4C3)ccc12. The Morgan fingerprint density at radius 3 is 2.50 bits per heavy atom. The minimum absolute atomic E-state index is 0.397. The van der Waals surface area contributed by atoms with Crippen molar-refractivity contribution in [2.45, 2.75) is 38.1 Å². The summed E-state index contributed by atoms with van der Waals surface area (Å²) in [5, 5.41) is 16.1. The van der Waals surface area contributed by atoms with Crippen LogP contribution in [0.4, 0.5) is 5.69 Å². The maximum atomic E-state index is 11.8. The van der Waals surface area contributed by atoms with Crippen LogP contribution < -0.4 is 4.90 Å². The van der Waals surface area contributed by atoms with Gasteiger partial charge >= 0.3 is 5.97 Å². The number of fused-ring (bicyclic) bond motifs is 2. The summed E-state index contributed by atoms with van der Waals surface area (Å²) in [6.07, 6.45) is 11.1. The van der Waals surface area contributed by atoms with E-state index in [4.69, 9.17) is 27.7 Å². The maximum absolute atomic E-state index is 11.8. The first-order valence-electron chi connectivity index (χ1n) is 14.2. The highest BCUT2D eigenvalue weighted by molar-refractivity contribution is 6.39. The average Bonchev–Trinajstić information content (AvgIpc) is 3.90. The van der Waals surface area contributed by atoms with E-state index in [1.165, 1.54) is 18.5 Å². The number of carboxylic acid groups (broad SMARTS) is 1. The molecular weight excluding hydrogens is 545 g/mol. The highest BCUT2D eigenvalue weighted by atomic mass is 35.5. The van der Waals surface area contributed by atoms with Gasteiger partial charge in [0.15, 0.2) is 0 Å². The van der Waals surface area contributed by atoms with Crippen molar-refractivity contribution in [3.63, 3.8) is 0 Å². The zero-order valence-electron chi connectivity index (χ0n) is 21.9. The normalized spacial score (nSPS) is 23.9. The number of nitrogens with zero attached hydrogens (tertiary/aromatic N) is 3. The van der Waals surface area contributed by atoms with Gasteiger partial charge in [-0.25, -0.2) is 4.79 Å². The molecule has 1 aliphatic heterocycles. The molecule has 1 N–H and O–H groups in total. The van der Waals surface area contributed by atoms with Crippen molar-refractivity contribution in [3.05, 3.63) is 75.6 Å². The summed E-state index contributed by atoms with van der Waals surface area (Å²) in [7, 11) is 0. The van der Waals surface area contributed by atoms with Crippen molar-refractivity contribution in [1.82, 2.24) is 9.72 Å². The van der Waals surface area contributed by atoms with Crippen LogP contribution in [0.2, 0.25) is 10.0 Å². The van der Waals surface area contributed by atoms with E-state index in [1.807, 2.05) is 30.5 Å². The summed E-state index contributed by atoms with van der Waals surface area (Å²) in [5.41, 5.74) is 5.08. The lowest BCUT2D eigenvalue weighted by atomic mass is 10.0. The first-order valence-corrected chi connectivity index (χ1v) is 14.9. The largest absolute Gasteiger partial charge is 0.478 e. The predicted octanol–water partition coefficient (Wildman–Crippen LogP) is 7.98. The molecule has 3 heterocycles. The van der Waals surface area contributed by atoms with E-state index in [0.29, 0.717) is 45.2 Å². The second kappa shape index (κ2) is 9.15. The molecule has 2 aromatic heterocycles. The van der Waals surface area contributed by atoms with Crippen LogP contribution in [0.15, 0.2) is 53.2 Å². The number of rotatable bonds is 8. The molecule has 0 amide bonds. The minimum atomic E-state index is -0.859. The van der Waals surface area contributed by atoms with Crippen molar-refractivity contribution < 1.29 is 14.4 Å². The summed E-state index contributed by atoms with van der Waals surface area (Å²) >= 11 is 13.1. The lowest BCUT2D eigenvalue weighted by molar-refractivity contribution is 0.0698. The van der Waals surface area contributed by atoms with E-state index in [1.54, 1.807) is 0 Å². The van der Waals surface area contributed by atoms with Gasteiger partial charge in [0, 0.05) is 53.9 Å². The van der Waals surface area contributed by atoms with Gasteiger partial charge in [0.1, 0.15) is 11.5 Å². The molecule has 8 rings (SSSR count). The third-order valence-corrected chi connectivity index (χ3v) is 9.89. The van der Waals surface area contributed by atoms with Crippen molar-refractivity contribution >= 4 is 51.8 Å². The summed E-state index contributed by atoms with van der Waals surface area (Å²) in [5.74, 6) is 2.92. The highest BCUT2D eigenvalue weighted by Gasteiger charge is 2.54. The average molecular weight is 575 g/mol. The smallest absolute Gasteiger partial charge is 0.337 e. The van der Waals surface area contributed by atoms with Crippen LogP contribution in [0, 0.1) is 23.7 Å². The lowest BCUT2D eigenvalue weighted by Gasteiger charge is -2.22. The number of aromatic carboxylic acids is 1. The molecular formula is C32H29Cl2N3O3. The molecule has 4 aliphatic rings. The molecule has 0 spiro atoms. The molecule has 1 saturated heterocycles. The van der Waals surface area contributed by atoms with Crippen LogP contribution in [0.3, 0.4) is 0 Å². The first kappa shape index (κ1) is 24.6. The van der Waals surface area contributed by atoms with Crippen LogP contribution >= 0.6 is 23.2 Å². The van der Waals surface area contributed by atoms with Gasteiger partial charge in [-0.2, -0.15) is 0 Å². The van der Waals surface area contributed by atoms with Crippen LogP contribution in [0.5, 0.6) is 0 Å². The molecule has 2 atom stereocenters. The summed E-state index contributed by atoms with van der Waals surface area (Å²) in [6.45, 7) is 2.91. The molecule has 0 radical (unpaired) electrons. The summed E-state index contributed by atoms with van der Waals surface area (Å²) in [4.78, 5) is 14.3. The molecule has 0 bridgehead atoms. The van der Waals surface area contributed by atoms with Gasteiger partial charge in [-0.3, -0.25) is 0 Å². The fourth-order valence-electron chi connectivity index (χ4n) is 6.67. The number of anilines is 1. The topological polar surface area (TPSA) is 71.5 Å². The number of halogens is 2. The fraction of sp³-hybridized carbons (Fsp3) is 0.375. The Kier molecular flexibility index (Phi) is 5.62. The van der Waals surface area contributed by atoms with E-state index in [2.05, 4.69) is 38.9 Å². The Balaban J connectivity index is 1.02. The molecule has 2 aromatic carbocycles. The van der Waals surface area contributed by atoms with Crippen LogP contribution in [0.25, 0.3) is 28.2 Å². The summed E-state index contributed by atoms with van der Waals surface area (Å²) in [6, 6.07) is 11.8. The van der Waals surface area contributed by atoms with Crippen LogP contribution in [-0.2, 0) is 6.54 Å². The molecule has 4 fully saturated rings. The van der Waals surface area contributed by atoms with Crippen LogP contribution in [0.1, 0.15) is 53.3 Å². The van der Waals surface area contributed by atoms with Gasteiger partial charge in [0.2, 0.25) is 0 Å². The number of aromatic nitrogens is 2. The number of piperidine rings is 1. The van der Waals surface area contributed by atoms with E-state index in [0.717, 1.165) is 66.0 Å². The number of carboxylic acids is 1.